The van der Waals surface area contributed by atoms with E-state index in [0.29, 0.717) is 6.10 Å². The molecule has 0 amide bonds. The van der Waals surface area contributed by atoms with Crippen LogP contribution in [0.15, 0.2) is 24.3 Å². The van der Waals surface area contributed by atoms with Gasteiger partial charge in [-0.3, -0.25) is 0 Å². The average molecular weight is 230 g/mol. The molecule has 0 aromatic heterocycles. The van der Waals surface area contributed by atoms with Crippen LogP contribution >= 0.6 is 0 Å². The van der Waals surface area contributed by atoms with Gasteiger partial charge in [-0.2, -0.15) is 0 Å². The summed E-state index contributed by atoms with van der Waals surface area (Å²) < 4.78 is 6.19. The molecule has 0 saturated carbocycles. The highest BCUT2D eigenvalue weighted by atomic mass is 16.5. The van der Waals surface area contributed by atoms with E-state index in [1.165, 1.54) is 38.0 Å². The fourth-order valence-corrected chi connectivity index (χ4v) is 4.06. The Hall–Kier alpha value is -1.02. The lowest BCUT2D eigenvalue weighted by Gasteiger charge is -2.43. The Balaban J connectivity index is 1.55. The second-order valence-corrected chi connectivity index (χ2v) is 5.92. The van der Waals surface area contributed by atoms with E-state index in [-0.39, 0.29) is 0 Å². The minimum absolute atomic E-state index is 0.466. The summed E-state index contributed by atoms with van der Waals surface area (Å²) in [5.74, 6) is 2.88. The second kappa shape index (κ2) is 3.74. The summed E-state index contributed by atoms with van der Waals surface area (Å²) in [5, 5.41) is 0. The maximum atomic E-state index is 6.19. The van der Waals surface area contributed by atoms with Crippen LogP contribution in [0.25, 0.3) is 0 Å². The summed E-state index contributed by atoms with van der Waals surface area (Å²) in [6.45, 7) is 4.16. The number of hydrogen-bond donors (Lipinski definition) is 1. The molecule has 2 bridgehead atoms. The van der Waals surface area contributed by atoms with Crippen LogP contribution in [-0.4, -0.2) is 25.7 Å². The average Bonchev–Trinajstić information content (AvgIpc) is 2.83. The minimum Gasteiger partial charge on any atom is -0.489 e. The Bertz CT molecular complexity index is 398. The number of hydrogen-bond acceptors (Lipinski definition) is 1. The zero-order valence-corrected chi connectivity index (χ0v) is 10.2. The van der Waals surface area contributed by atoms with Crippen molar-refractivity contribution in [1.29, 1.82) is 0 Å². The third-order valence-corrected chi connectivity index (χ3v) is 5.02. The molecule has 4 aliphatic rings. The van der Waals surface area contributed by atoms with E-state index in [2.05, 4.69) is 24.3 Å². The molecule has 90 valence electrons. The maximum Gasteiger partial charge on any atom is 0.123 e. The lowest BCUT2D eigenvalue weighted by atomic mass is 9.75. The van der Waals surface area contributed by atoms with Gasteiger partial charge in [0.15, 0.2) is 0 Å². The molecule has 4 aliphatic heterocycles. The van der Waals surface area contributed by atoms with Crippen LogP contribution in [-0.2, 0) is 6.42 Å². The fourth-order valence-electron chi connectivity index (χ4n) is 4.06. The van der Waals surface area contributed by atoms with E-state index < -0.39 is 0 Å². The molecule has 3 fully saturated rings. The summed E-state index contributed by atoms with van der Waals surface area (Å²) >= 11 is 0. The topological polar surface area (TPSA) is 13.7 Å². The van der Waals surface area contributed by atoms with E-state index in [9.17, 15) is 0 Å². The van der Waals surface area contributed by atoms with Crippen molar-refractivity contribution in [2.24, 2.45) is 11.8 Å². The summed E-state index contributed by atoms with van der Waals surface area (Å²) in [6.07, 6.45) is 4.46. The van der Waals surface area contributed by atoms with Gasteiger partial charge in [0.05, 0.1) is 19.6 Å². The molecule has 2 heteroatoms. The van der Waals surface area contributed by atoms with E-state index in [1.54, 1.807) is 0 Å². The number of benzene rings is 1. The maximum absolute atomic E-state index is 6.19. The Kier molecular flexibility index (Phi) is 2.19. The third kappa shape index (κ3) is 1.58. The van der Waals surface area contributed by atoms with Gasteiger partial charge in [0.25, 0.3) is 0 Å². The van der Waals surface area contributed by atoms with Crippen molar-refractivity contribution in [3.8, 4) is 5.75 Å². The van der Waals surface area contributed by atoms with Gasteiger partial charge in [-0.15, -0.1) is 0 Å². The van der Waals surface area contributed by atoms with Crippen molar-refractivity contribution >= 4 is 0 Å². The number of fused-ring (bicyclic) bond motifs is 4. The monoisotopic (exact) mass is 230 g/mol. The molecule has 2 nitrogen and oxygen atoms in total. The molecule has 5 rings (SSSR count). The van der Waals surface area contributed by atoms with Crippen molar-refractivity contribution in [2.45, 2.75) is 25.4 Å². The first kappa shape index (κ1) is 9.95. The Morgan fingerprint density at radius 1 is 1.12 bits per heavy atom. The predicted octanol–water partition coefficient (Wildman–Crippen LogP) is 0.915. The second-order valence-electron chi connectivity index (χ2n) is 5.92. The molecule has 4 heterocycles. The third-order valence-electron chi connectivity index (χ3n) is 5.02. The fraction of sp³-hybridized carbons (Fsp3) is 0.600. The Labute approximate surface area is 103 Å². The van der Waals surface area contributed by atoms with Gasteiger partial charge < -0.3 is 9.64 Å². The first-order chi connectivity index (χ1) is 8.40. The minimum atomic E-state index is 0.466. The number of nitrogens with one attached hydrogen (secondary N) is 1. The van der Waals surface area contributed by atoms with Crippen LogP contribution in [0.1, 0.15) is 18.4 Å². The molecule has 0 aliphatic carbocycles. The van der Waals surface area contributed by atoms with Crippen molar-refractivity contribution in [2.75, 3.05) is 19.6 Å². The molecular weight excluding hydrogens is 210 g/mol. The summed E-state index contributed by atoms with van der Waals surface area (Å²) in [5.41, 5.74) is 1.42. The molecule has 3 saturated heterocycles. The number of piperidine rings is 3. The van der Waals surface area contributed by atoms with Gasteiger partial charge in [0.1, 0.15) is 11.9 Å². The van der Waals surface area contributed by atoms with Crippen molar-refractivity contribution in [3.05, 3.63) is 29.8 Å². The summed E-state index contributed by atoms with van der Waals surface area (Å²) in [7, 11) is 0. The highest BCUT2D eigenvalue weighted by Gasteiger charge is 2.44. The molecule has 2 atom stereocenters. The number of para-hydroxylation sites is 1. The molecule has 0 spiro atoms. The van der Waals surface area contributed by atoms with E-state index in [0.717, 1.165) is 24.0 Å². The van der Waals surface area contributed by atoms with Gasteiger partial charge in [0, 0.05) is 25.2 Å². The predicted molar refractivity (Wildman–Crippen MR) is 66.3 cm³/mol. The molecule has 17 heavy (non-hydrogen) atoms. The molecule has 1 aromatic carbocycles. The lowest BCUT2D eigenvalue weighted by molar-refractivity contribution is -0.921. The highest BCUT2D eigenvalue weighted by Crippen LogP contribution is 2.36. The highest BCUT2D eigenvalue weighted by molar-refractivity contribution is 5.37. The lowest BCUT2D eigenvalue weighted by Crippen LogP contribution is -3.16. The van der Waals surface area contributed by atoms with Gasteiger partial charge in [-0.1, -0.05) is 18.2 Å². The van der Waals surface area contributed by atoms with Gasteiger partial charge >= 0.3 is 0 Å². The SMILES string of the molecule is c1ccc2c(c1)CC(C1C[NH+]3CCC1CC3)O2. The van der Waals surface area contributed by atoms with Gasteiger partial charge in [0.2, 0.25) is 0 Å². The first-order valence-corrected chi connectivity index (χ1v) is 6.98. The zero-order chi connectivity index (χ0) is 11.2. The number of rotatable bonds is 1. The Morgan fingerprint density at radius 2 is 1.94 bits per heavy atom. The number of quaternary nitrogens is 1. The Morgan fingerprint density at radius 3 is 2.65 bits per heavy atom. The molecule has 1 aromatic rings. The van der Waals surface area contributed by atoms with Crippen LogP contribution in [0, 0.1) is 11.8 Å². The number of ether oxygens (including phenoxy) is 1. The molecular formula is C15H20NO+. The van der Waals surface area contributed by atoms with Crippen LogP contribution < -0.4 is 9.64 Å². The standard InChI is InChI=1S/C15H19NO/c1-2-4-14-12(3-1)9-15(17-14)13-10-16-7-5-11(13)6-8-16/h1-4,11,13,15H,5-10H2/p+1. The van der Waals surface area contributed by atoms with E-state index >= 15 is 0 Å². The van der Waals surface area contributed by atoms with Gasteiger partial charge in [-0.05, 0) is 17.5 Å². The van der Waals surface area contributed by atoms with Crippen LogP contribution in [0.5, 0.6) is 5.75 Å². The summed E-state index contributed by atoms with van der Waals surface area (Å²) in [4.78, 5) is 1.82. The van der Waals surface area contributed by atoms with E-state index in [4.69, 9.17) is 4.74 Å². The zero-order valence-electron chi connectivity index (χ0n) is 10.2. The first-order valence-electron chi connectivity index (χ1n) is 6.98. The quantitative estimate of drug-likeness (QED) is 0.757. The van der Waals surface area contributed by atoms with Crippen LogP contribution in [0.4, 0.5) is 0 Å². The van der Waals surface area contributed by atoms with E-state index in [1.807, 2.05) is 4.90 Å². The van der Waals surface area contributed by atoms with Crippen LogP contribution in [0.2, 0.25) is 0 Å². The van der Waals surface area contributed by atoms with Crippen LogP contribution in [0.3, 0.4) is 0 Å². The normalized spacial score (nSPS) is 38.8. The molecule has 1 N–H and O–H groups in total. The van der Waals surface area contributed by atoms with Gasteiger partial charge in [-0.25, -0.2) is 0 Å². The largest absolute Gasteiger partial charge is 0.489 e. The molecule has 2 unspecified atom stereocenters. The summed E-state index contributed by atoms with van der Waals surface area (Å²) in [6, 6.07) is 8.57. The van der Waals surface area contributed by atoms with Crippen molar-refractivity contribution < 1.29 is 9.64 Å². The van der Waals surface area contributed by atoms with Crippen molar-refractivity contribution in [3.63, 3.8) is 0 Å². The van der Waals surface area contributed by atoms with Crippen molar-refractivity contribution in [1.82, 2.24) is 0 Å². The smallest absolute Gasteiger partial charge is 0.123 e. The molecule has 0 radical (unpaired) electrons.